The molecule has 23 heavy (non-hydrogen) atoms. The number of fused-ring (bicyclic) bond motifs is 1. The van der Waals surface area contributed by atoms with Crippen molar-refractivity contribution in [2.45, 2.75) is 40.2 Å². The van der Waals surface area contributed by atoms with E-state index in [4.69, 9.17) is 5.41 Å². The van der Waals surface area contributed by atoms with E-state index >= 15 is 0 Å². The van der Waals surface area contributed by atoms with Gasteiger partial charge in [0.05, 0.1) is 11.8 Å². The molecule has 2 aliphatic rings. The Labute approximate surface area is 137 Å². The lowest BCUT2D eigenvalue weighted by atomic mass is 9.87. The second-order valence-corrected chi connectivity index (χ2v) is 4.57. The molecule has 0 fully saturated rings. The third-order valence-electron chi connectivity index (χ3n) is 3.40. The van der Waals surface area contributed by atoms with Gasteiger partial charge < -0.3 is 21.1 Å². The van der Waals surface area contributed by atoms with Gasteiger partial charge in [-0.3, -0.25) is 9.59 Å². The highest BCUT2D eigenvalue weighted by molar-refractivity contribution is 6.50. The van der Waals surface area contributed by atoms with Crippen LogP contribution >= 0.6 is 0 Å². The lowest BCUT2D eigenvalue weighted by Crippen LogP contribution is -2.48. The van der Waals surface area contributed by atoms with Gasteiger partial charge in [-0.1, -0.05) is 32.1 Å². The molecule has 6 heteroatoms. The van der Waals surface area contributed by atoms with Gasteiger partial charge in [0.1, 0.15) is 11.3 Å². The van der Waals surface area contributed by atoms with Crippen LogP contribution in [0.3, 0.4) is 0 Å². The Balaban J connectivity index is 0.00000112. The van der Waals surface area contributed by atoms with Crippen molar-refractivity contribution in [3.05, 3.63) is 35.1 Å². The van der Waals surface area contributed by atoms with Gasteiger partial charge >= 0.3 is 0 Å². The van der Waals surface area contributed by atoms with E-state index < -0.39 is 11.7 Å². The summed E-state index contributed by atoms with van der Waals surface area (Å²) in [6.45, 7) is 7.60. The molecule has 1 amide bonds. The summed E-state index contributed by atoms with van der Waals surface area (Å²) >= 11 is 0. The van der Waals surface area contributed by atoms with Crippen LogP contribution in [0.15, 0.2) is 35.1 Å². The molecule has 6 nitrogen and oxygen atoms in total. The third kappa shape index (κ3) is 4.16. The fourth-order valence-corrected chi connectivity index (χ4v) is 2.44. The molecule has 128 valence electrons. The molecule has 1 atom stereocenters. The summed E-state index contributed by atoms with van der Waals surface area (Å²) in [5.74, 6) is -1.48. The first kappa shape index (κ1) is 20.8. The van der Waals surface area contributed by atoms with Crippen LogP contribution in [0.1, 0.15) is 34.1 Å². The molecule has 1 aliphatic heterocycles. The number of likely N-dealkylation sites (N-methyl/N-ethyl adjacent to an activating group) is 1. The maximum Gasteiger partial charge on any atom is 0.262 e. The largest absolute Gasteiger partial charge is 0.507 e. The lowest BCUT2D eigenvalue weighted by molar-refractivity contribution is -0.131. The van der Waals surface area contributed by atoms with Crippen LogP contribution in [-0.4, -0.2) is 47.0 Å². The number of amides is 1. The Morgan fingerprint density at radius 1 is 1.43 bits per heavy atom. The average molecular weight is 321 g/mol. The SMILES string of the molecule is CC.CCN1C(=O)C(C(=O)C(C)=N)=C(O)C2=CC=CCC21.CN. The van der Waals surface area contributed by atoms with Crippen LogP contribution in [0.5, 0.6) is 0 Å². The first-order chi connectivity index (χ1) is 11.0. The fraction of sp³-hybridized carbons (Fsp3) is 0.471. The first-order valence-corrected chi connectivity index (χ1v) is 7.77. The number of aliphatic hydroxyl groups is 1. The molecular formula is C17H27N3O3. The molecule has 0 bridgehead atoms. The minimum Gasteiger partial charge on any atom is -0.507 e. The van der Waals surface area contributed by atoms with Gasteiger partial charge in [0.2, 0.25) is 5.78 Å². The minimum absolute atomic E-state index is 0.218. The van der Waals surface area contributed by atoms with Crippen LogP contribution in [-0.2, 0) is 9.59 Å². The molecule has 1 unspecified atom stereocenters. The average Bonchev–Trinajstić information content (AvgIpc) is 2.59. The van der Waals surface area contributed by atoms with Gasteiger partial charge in [0.15, 0.2) is 0 Å². The highest BCUT2D eigenvalue weighted by Crippen LogP contribution is 2.32. The van der Waals surface area contributed by atoms with Crippen molar-refractivity contribution in [2.24, 2.45) is 5.73 Å². The van der Waals surface area contributed by atoms with E-state index in [2.05, 4.69) is 5.73 Å². The predicted octanol–water partition coefficient (Wildman–Crippen LogP) is 2.13. The molecule has 0 saturated heterocycles. The number of allylic oxidation sites excluding steroid dienone is 2. The maximum absolute atomic E-state index is 12.3. The second kappa shape index (κ2) is 9.74. The molecule has 2 rings (SSSR count). The zero-order valence-electron chi connectivity index (χ0n) is 14.5. The van der Waals surface area contributed by atoms with Crippen molar-refractivity contribution in [2.75, 3.05) is 13.6 Å². The van der Waals surface area contributed by atoms with Crippen molar-refractivity contribution in [3.63, 3.8) is 0 Å². The predicted molar refractivity (Wildman–Crippen MR) is 92.5 cm³/mol. The summed E-state index contributed by atoms with van der Waals surface area (Å²) in [5.41, 5.74) is 4.54. The Morgan fingerprint density at radius 3 is 2.48 bits per heavy atom. The third-order valence-corrected chi connectivity index (χ3v) is 3.40. The van der Waals surface area contributed by atoms with Gasteiger partial charge in [0, 0.05) is 12.1 Å². The van der Waals surface area contributed by atoms with Crippen LogP contribution in [0.2, 0.25) is 0 Å². The molecule has 1 heterocycles. The number of carbonyl (C=O) groups is 2. The van der Waals surface area contributed by atoms with E-state index in [1.807, 2.05) is 26.8 Å². The quantitative estimate of drug-likeness (QED) is 0.546. The Kier molecular flexibility index (Phi) is 8.80. The van der Waals surface area contributed by atoms with Crippen molar-refractivity contribution in [1.82, 2.24) is 4.90 Å². The van der Waals surface area contributed by atoms with Gasteiger partial charge in [-0.25, -0.2) is 0 Å². The van der Waals surface area contributed by atoms with E-state index in [1.165, 1.54) is 14.0 Å². The summed E-state index contributed by atoms with van der Waals surface area (Å²) < 4.78 is 0. The summed E-state index contributed by atoms with van der Waals surface area (Å²) in [6.07, 6.45) is 6.06. The fourth-order valence-electron chi connectivity index (χ4n) is 2.44. The molecule has 0 saturated carbocycles. The number of carbonyl (C=O) groups excluding carboxylic acids is 2. The topological polar surface area (TPSA) is 107 Å². The highest BCUT2D eigenvalue weighted by atomic mass is 16.3. The minimum atomic E-state index is -0.713. The van der Waals surface area contributed by atoms with Crippen LogP contribution < -0.4 is 5.73 Å². The number of ketones is 1. The molecule has 4 N–H and O–H groups in total. The number of hydrogen-bond donors (Lipinski definition) is 3. The second-order valence-electron chi connectivity index (χ2n) is 4.57. The number of hydrogen-bond acceptors (Lipinski definition) is 5. The smallest absolute Gasteiger partial charge is 0.262 e. The summed E-state index contributed by atoms with van der Waals surface area (Å²) in [5, 5.41) is 17.6. The van der Waals surface area contributed by atoms with E-state index in [-0.39, 0.29) is 23.1 Å². The van der Waals surface area contributed by atoms with E-state index in [9.17, 15) is 14.7 Å². The molecular weight excluding hydrogens is 294 g/mol. The van der Waals surface area contributed by atoms with Crippen LogP contribution in [0.4, 0.5) is 0 Å². The Hall–Kier alpha value is -2.21. The summed E-state index contributed by atoms with van der Waals surface area (Å²) in [7, 11) is 1.50. The van der Waals surface area contributed by atoms with E-state index in [1.54, 1.807) is 17.1 Å². The van der Waals surface area contributed by atoms with Crippen molar-refractivity contribution in [1.29, 1.82) is 5.41 Å². The number of nitrogens with one attached hydrogen (secondary N) is 1. The van der Waals surface area contributed by atoms with Crippen molar-refractivity contribution < 1.29 is 14.7 Å². The van der Waals surface area contributed by atoms with Gasteiger partial charge in [-0.2, -0.15) is 0 Å². The molecule has 1 aliphatic carbocycles. The van der Waals surface area contributed by atoms with Gasteiger partial charge in [-0.15, -0.1) is 0 Å². The molecule has 0 aromatic carbocycles. The summed E-state index contributed by atoms with van der Waals surface area (Å²) in [4.78, 5) is 25.8. The number of aliphatic hydroxyl groups excluding tert-OH is 1. The monoisotopic (exact) mass is 321 g/mol. The number of Topliss-reactive ketones (excluding diaryl/α,β-unsaturated/α-hetero) is 1. The van der Waals surface area contributed by atoms with E-state index in [0.717, 1.165) is 0 Å². The zero-order chi connectivity index (χ0) is 18.2. The van der Waals surface area contributed by atoms with Crippen molar-refractivity contribution >= 4 is 17.4 Å². The number of rotatable bonds is 3. The van der Waals surface area contributed by atoms with Gasteiger partial charge in [0.25, 0.3) is 5.91 Å². The zero-order valence-corrected chi connectivity index (χ0v) is 14.5. The number of nitrogens with two attached hydrogens (primary N) is 1. The van der Waals surface area contributed by atoms with Crippen LogP contribution in [0, 0.1) is 5.41 Å². The van der Waals surface area contributed by atoms with E-state index in [0.29, 0.717) is 18.5 Å². The highest BCUT2D eigenvalue weighted by Gasteiger charge is 2.40. The lowest BCUT2D eigenvalue weighted by Gasteiger charge is -2.37. The molecule has 0 spiro atoms. The number of nitrogens with zero attached hydrogens (tertiary/aromatic N) is 1. The Morgan fingerprint density at radius 2 is 2.00 bits per heavy atom. The van der Waals surface area contributed by atoms with Crippen LogP contribution in [0.25, 0.3) is 0 Å². The maximum atomic E-state index is 12.3. The molecule has 0 aromatic heterocycles. The van der Waals surface area contributed by atoms with Crippen molar-refractivity contribution in [3.8, 4) is 0 Å². The molecule has 0 radical (unpaired) electrons. The van der Waals surface area contributed by atoms with Gasteiger partial charge in [-0.05, 0) is 27.3 Å². The standard InChI is InChI=1S/C14H16N2O3.C2H6.CH5N/c1-3-16-10-7-5-4-6-9(10)13(18)11(14(16)19)12(17)8(2)15;2*1-2/h4-6,10,15,18H,3,7H2,1-2H3;1-2H3;2H2,1H3. The first-order valence-electron chi connectivity index (χ1n) is 7.77. The normalized spacial score (nSPS) is 18.9. The molecule has 0 aromatic rings. The summed E-state index contributed by atoms with van der Waals surface area (Å²) in [6, 6.07) is -0.218. The Bertz CT molecular complexity index is 559.